The SMILES string of the molecule is CCn1cc(S(=O)(=O)N2CCC[C@H](C(=O)NCc3ccnn3C)C2)c(C)n1. The van der Waals surface area contributed by atoms with Crippen molar-refractivity contribution >= 4 is 15.9 Å². The maximum atomic E-state index is 13.0. The molecule has 0 radical (unpaired) electrons. The highest BCUT2D eigenvalue weighted by molar-refractivity contribution is 7.89. The van der Waals surface area contributed by atoms with Crippen LogP contribution >= 0.6 is 0 Å². The number of rotatable bonds is 6. The molecule has 0 unspecified atom stereocenters. The number of carbonyl (C=O) groups is 1. The minimum atomic E-state index is -3.66. The molecular weight excluding hydrogens is 368 g/mol. The summed E-state index contributed by atoms with van der Waals surface area (Å²) in [6.45, 7) is 5.20. The van der Waals surface area contributed by atoms with Gasteiger partial charge in [0.05, 0.1) is 23.9 Å². The number of nitrogens with one attached hydrogen (secondary N) is 1. The molecule has 0 aliphatic carbocycles. The Balaban J connectivity index is 1.68. The van der Waals surface area contributed by atoms with E-state index in [1.54, 1.807) is 28.7 Å². The standard InChI is InChI=1S/C17H26N6O3S/c1-4-22-12-16(13(2)20-22)27(25,26)23-9-5-6-14(11-23)17(24)18-10-15-7-8-19-21(15)3/h7-8,12,14H,4-6,9-11H2,1-3H3,(H,18,24)/t14-/m0/s1. The maximum Gasteiger partial charge on any atom is 0.246 e. The lowest BCUT2D eigenvalue weighted by atomic mass is 9.99. The Labute approximate surface area is 159 Å². The Kier molecular flexibility index (Phi) is 5.66. The fourth-order valence-corrected chi connectivity index (χ4v) is 5.02. The predicted molar refractivity (Wildman–Crippen MR) is 99.2 cm³/mol. The van der Waals surface area contributed by atoms with Gasteiger partial charge in [-0.3, -0.25) is 14.2 Å². The van der Waals surface area contributed by atoms with Crippen molar-refractivity contribution in [2.24, 2.45) is 13.0 Å². The molecule has 2 aromatic rings. The number of sulfonamides is 1. The van der Waals surface area contributed by atoms with Crippen LogP contribution in [0.25, 0.3) is 0 Å². The van der Waals surface area contributed by atoms with E-state index in [1.807, 2.05) is 20.0 Å². The number of carbonyl (C=O) groups excluding carboxylic acids is 1. The number of nitrogens with zero attached hydrogens (tertiary/aromatic N) is 5. The Hall–Kier alpha value is -2.20. The van der Waals surface area contributed by atoms with Crippen molar-refractivity contribution in [3.05, 3.63) is 29.8 Å². The molecule has 1 saturated heterocycles. The number of amides is 1. The van der Waals surface area contributed by atoms with Crippen molar-refractivity contribution in [1.29, 1.82) is 0 Å². The summed E-state index contributed by atoms with van der Waals surface area (Å²) in [4.78, 5) is 12.8. The summed E-state index contributed by atoms with van der Waals surface area (Å²) < 4.78 is 30.8. The lowest BCUT2D eigenvalue weighted by Gasteiger charge is -2.31. The Bertz CT molecular complexity index is 917. The number of hydrogen-bond acceptors (Lipinski definition) is 5. The zero-order valence-corrected chi connectivity index (χ0v) is 16.7. The van der Waals surface area contributed by atoms with Gasteiger partial charge in [0.1, 0.15) is 4.90 Å². The molecule has 0 saturated carbocycles. The van der Waals surface area contributed by atoms with Crippen LogP contribution in [0.1, 0.15) is 31.2 Å². The third-order valence-electron chi connectivity index (χ3n) is 4.96. The molecule has 1 N–H and O–H groups in total. The second-order valence-electron chi connectivity index (χ2n) is 6.80. The average Bonchev–Trinajstić information content (AvgIpc) is 3.25. The van der Waals surface area contributed by atoms with Crippen LogP contribution in [-0.2, 0) is 35.0 Å². The molecule has 0 spiro atoms. The van der Waals surface area contributed by atoms with Crippen LogP contribution in [0.3, 0.4) is 0 Å². The van der Waals surface area contributed by atoms with Gasteiger partial charge in [-0.2, -0.15) is 14.5 Å². The van der Waals surface area contributed by atoms with E-state index in [-0.39, 0.29) is 23.3 Å². The first-order valence-corrected chi connectivity index (χ1v) is 10.6. The quantitative estimate of drug-likeness (QED) is 0.776. The summed E-state index contributed by atoms with van der Waals surface area (Å²) >= 11 is 0. The second-order valence-corrected chi connectivity index (χ2v) is 8.71. The maximum absolute atomic E-state index is 13.0. The van der Waals surface area contributed by atoms with Gasteiger partial charge in [-0.15, -0.1) is 0 Å². The largest absolute Gasteiger partial charge is 0.350 e. The third-order valence-corrected chi connectivity index (χ3v) is 6.93. The highest BCUT2D eigenvalue weighted by Crippen LogP contribution is 2.25. The molecule has 2 aromatic heterocycles. The summed E-state index contributed by atoms with van der Waals surface area (Å²) in [7, 11) is -1.84. The van der Waals surface area contributed by atoms with E-state index in [2.05, 4.69) is 15.5 Å². The summed E-state index contributed by atoms with van der Waals surface area (Å²) in [6.07, 6.45) is 4.58. The van der Waals surface area contributed by atoms with E-state index in [0.29, 0.717) is 38.2 Å². The molecule has 1 aliphatic rings. The Morgan fingerprint density at radius 1 is 1.41 bits per heavy atom. The Morgan fingerprint density at radius 2 is 2.19 bits per heavy atom. The molecular formula is C17H26N6O3S. The molecule has 3 heterocycles. The van der Waals surface area contributed by atoms with Crippen LogP contribution in [-0.4, -0.2) is 51.3 Å². The molecule has 0 aromatic carbocycles. The molecule has 9 nitrogen and oxygen atoms in total. The topological polar surface area (TPSA) is 102 Å². The molecule has 3 rings (SSSR count). The van der Waals surface area contributed by atoms with Gasteiger partial charge in [-0.25, -0.2) is 8.42 Å². The van der Waals surface area contributed by atoms with Gasteiger partial charge >= 0.3 is 0 Å². The van der Waals surface area contributed by atoms with E-state index >= 15 is 0 Å². The zero-order valence-electron chi connectivity index (χ0n) is 15.9. The van der Waals surface area contributed by atoms with Gasteiger partial charge in [0.15, 0.2) is 0 Å². The molecule has 148 valence electrons. The van der Waals surface area contributed by atoms with Gasteiger partial charge in [0.25, 0.3) is 0 Å². The van der Waals surface area contributed by atoms with Crippen molar-refractivity contribution in [3.8, 4) is 0 Å². The highest BCUT2D eigenvalue weighted by Gasteiger charge is 2.35. The van der Waals surface area contributed by atoms with E-state index in [4.69, 9.17) is 0 Å². The summed E-state index contributed by atoms with van der Waals surface area (Å²) in [5.74, 6) is -0.486. The van der Waals surface area contributed by atoms with Crippen molar-refractivity contribution in [3.63, 3.8) is 0 Å². The van der Waals surface area contributed by atoms with Crippen LogP contribution in [0, 0.1) is 12.8 Å². The monoisotopic (exact) mass is 394 g/mol. The molecule has 1 fully saturated rings. The lowest BCUT2D eigenvalue weighted by molar-refractivity contribution is -0.126. The van der Waals surface area contributed by atoms with Crippen LogP contribution in [0.5, 0.6) is 0 Å². The molecule has 1 aliphatic heterocycles. The van der Waals surface area contributed by atoms with Gasteiger partial charge in [0.2, 0.25) is 15.9 Å². The van der Waals surface area contributed by atoms with Crippen molar-refractivity contribution < 1.29 is 13.2 Å². The molecule has 1 amide bonds. The predicted octanol–water partition coefficient (Wildman–Crippen LogP) is 0.662. The van der Waals surface area contributed by atoms with Crippen LogP contribution in [0.15, 0.2) is 23.4 Å². The minimum absolute atomic E-state index is 0.128. The van der Waals surface area contributed by atoms with Gasteiger partial charge in [-0.05, 0) is 32.8 Å². The fourth-order valence-electron chi connectivity index (χ4n) is 3.33. The van der Waals surface area contributed by atoms with E-state index in [1.165, 1.54) is 4.31 Å². The van der Waals surface area contributed by atoms with Crippen molar-refractivity contribution in [2.45, 2.75) is 44.7 Å². The first-order valence-electron chi connectivity index (χ1n) is 9.11. The van der Waals surface area contributed by atoms with Gasteiger partial charge in [0, 0.05) is 39.1 Å². The molecule has 0 bridgehead atoms. The van der Waals surface area contributed by atoms with Crippen LogP contribution < -0.4 is 5.32 Å². The van der Waals surface area contributed by atoms with Crippen LogP contribution in [0.4, 0.5) is 0 Å². The normalized spacial score (nSPS) is 18.6. The van der Waals surface area contributed by atoms with E-state index in [9.17, 15) is 13.2 Å². The first kappa shape index (κ1) is 19.6. The first-order chi connectivity index (χ1) is 12.8. The average molecular weight is 395 g/mol. The van der Waals surface area contributed by atoms with Crippen molar-refractivity contribution in [2.75, 3.05) is 13.1 Å². The molecule has 10 heteroatoms. The summed E-state index contributed by atoms with van der Waals surface area (Å²) in [6, 6.07) is 1.84. The number of aromatic nitrogens is 4. The Morgan fingerprint density at radius 3 is 2.81 bits per heavy atom. The van der Waals surface area contributed by atoms with Gasteiger partial charge in [-0.1, -0.05) is 0 Å². The minimum Gasteiger partial charge on any atom is -0.350 e. The molecule has 1 atom stereocenters. The fraction of sp³-hybridized carbons (Fsp3) is 0.588. The van der Waals surface area contributed by atoms with Gasteiger partial charge < -0.3 is 5.32 Å². The smallest absolute Gasteiger partial charge is 0.246 e. The highest BCUT2D eigenvalue weighted by atomic mass is 32.2. The third kappa shape index (κ3) is 4.06. The summed E-state index contributed by atoms with van der Waals surface area (Å²) in [5.41, 5.74) is 1.38. The van der Waals surface area contributed by atoms with E-state index in [0.717, 1.165) is 5.69 Å². The number of hydrogen-bond donors (Lipinski definition) is 1. The van der Waals surface area contributed by atoms with E-state index < -0.39 is 10.0 Å². The summed E-state index contributed by atoms with van der Waals surface area (Å²) in [5, 5.41) is 11.2. The zero-order chi connectivity index (χ0) is 19.6. The second kappa shape index (κ2) is 7.81. The number of piperidine rings is 1. The van der Waals surface area contributed by atoms with Crippen molar-refractivity contribution in [1.82, 2.24) is 29.2 Å². The number of aryl methyl sites for hydroxylation is 3. The lowest BCUT2D eigenvalue weighted by Crippen LogP contribution is -2.45. The van der Waals surface area contributed by atoms with Crippen LogP contribution in [0.2, 0.25) is 0 Å². The molecule has 27 heavy (non-hydrogen) atoms.